The number of hydrogen-bond acceptors (Lipinski definition) is 7. The van der Waals surface area contributed by atoms with Crippen LogP contribution in [0.25, 0.3) is 11.2 Å². The van der Waals surface area contributed by atoms with Crippen LogP contribution in [0.4, 0.5) is 11.8 Å². The number of anilines is 2. The SMILES string of the molecule is CC(=O)c1nc2c(N)nc(N)nc2nc1C. The maximum Gasteiger partial charge on any atom is 0.224 e. The first kappa shape index (κ1) is 10.2. The van der Waals surface area contributed by atoms with Crippen LogP contribution >= 0.6 is 0 Å². The van der Waals surface area contributed by atoms with E-state index >= 15 is 0 Å². The Bertz CT molecular complexity index is 594. The van der Waals surface area contributed by atoms with Crippen molar-refractivity contribution in [3.63, 3.8) is 0 Å². The number of ketones is 1. The normalized spacial score (nSPS) is 10.6. The largest absolute Gasteiger partial charge is 0.382 e. The van der Waals surface area contributed by atoms with E-state index in [9.17, 15) is 4.79 Å². The molecule has 2 heterocycles. The Kier molecular flexibility index (Phi) is 2.15. The number of fused-ring (bicyclic) bond motifs is 1. The maximum absolute atomic E-state index is 11.3. The highest BCUT2D eigenvalue weighted by Gasteiger charge is 2.13. The van der Waals surface area contributed by atoms with Gasteiger partial charge in [-0.05, 0) is 6.92 Å². The van der Waals surface area contributed by atoms with Crippen LogP contribution in [0.15, 0.2) is 0 Å². The molecule has 7 nitrogen and oxygen atoms in total. The van der Waals surface area contributed by atoms with Gasteiger partial charge < -0.3 is 11.5 Å². The van der Waals surface area contributed by atoms with Crippen molar-refractivity contribution in [1.29, 1.82) is 0 Å². The Morgan fingerprint density at radius 3 is 2.44 bits per heavy atom. The quantitative estimate of drug-likeness (QED) is 0.651. The van der Waals surface area contributed by atoms with E-state index in [0.717, 1.165) is 0 Å². The molecule has 82 valence electrons. The molecule has 4 N–H and O–H groups in total. The second-order valence-electron chi connectivity index (χ2n) is 3.35. The minimum absolute atomic E-state index is 0.0364. The predicted molar refractivity (Wildman–Crippen MR) is 58.7 cm³/mol. The first-order chi connectivity index (χ1) is 7.49. The van der Waals surface area contributed by atoms with Crippen molar-refractivity contribution < 1.29 is 4.79 Å². The minimum atomic E-state index is -0.178. The van der Waals surface area contributed by atoms with Crippen molar-refractivity contribution in [3.05, 3.63) is 11.4 Å². The van der Waals surface area contributed by atoms with Crippen LogP contribution in [0, 0.1) is 6.92 Å². The van der Waals surface area contributed by atoms with E-state index < -0.39 is 0 Å². The summed E-state index contributed by atoms with van der Waals surface area (Å²) in [5, 5.41) is 0. The summed E-state index contributed by atoms with van der Waals surface area (Å²) in [5.74, 6) is -0.0186. The van der Waals surface area contributed by atoms with Gasteiger partial charge in [-0.1, -0.05) is 0 Å². The first-order valence-corrected chi connectivity index (χ1v) is 4.57. The van der Waals surface area contributed by atoms with Crippen molar-refractivity contribution in [2.24, 2.45) is 0 Å². The molecule has 2 aromatic rings. The Labute approximate surface area is 90.9 Å². The molecule has 16 heavy (non-hydrogen) atoms. The summed E-state index contributed by atoms with van der Waals surface area (Å²) in [6.45, 7) is 3.09. The molecule has 0 aliphatic heterocycles. The molecule has 0 radical (unpaired) electrons. The molecule has 2 aromatic heterocycles. The Hall–Kier alpha value is -2.31. The molecule has 0 amide bonds. The summed E-state index contributed by atoms with van der Waals surface area (Å²) < 4.78 is 0. The molecule has 0 fully saturated rings. The molecule has 0 saturated carbocycles. The number of rotatable bonds is 1. The van der Waals surface area contributed by atoms with Gasteiger partial charge in [0.2, 0.25) is 5.95 Å². The molecule has 0 unspecified atom stereocenters. The highest BCUT2D eigenvalue weighted by molar-refractivity contribution is 5.95. The van der Waals surface area contributed by atoms with Crippen LogP contribution in [0.1, 0.15) is 23.1 Å². The van der Waals surface area contributed by atoms with E-state index in [1.54, 1.807) is 6.92 Å². The van der Waals surface area contributed by atoms with E-state index in [0.29, 0.717) is 16.9 Å². The summed E-state index contributed by atoms with van der Waals surface area (Å²) in [7, 11) is 0. The van der Waals surface area contributed by atoms with Gasteiger partial charge in [0.25, 0.3) is 0 Å². The number of Topliss-reactive ketones (excluding diaryl/α,β-unsaturated/α-hetero) is 1. The van der Waals surface area contributed by atoms with Gasteiger partial charge in [-0.3, -0.25) is 4.79 Å². The van der Waals surface area contributed by atoms with Crippen molar-refractivity contribution in [1.82, 2.24) is 19.9 Å². The third-order valence-electron chi connectivity index (χ3n) is 2.08. The van der Waals surface area contributed by atoms with Crippen molar-refractivity contribution in [3.8, 4) is 0 Å². The molecule has 2 rings (SSSR count). The number of carbonyl (C=O) groups is 1. The summed E-state index contributed by atoms with van der Waals surface area (Å²) in [6, 6.07) is 0. The Morgan fingerprint density at radius 1 is 1.12 bits per heavy atom. The maximum atomic E-state index is 11.3. The lowest BCUT2D eigenvalue weighted by atomic mass is 10.2. The van der Waals surface area contributed by atoms with Gasteiger partial charge in [0.15, 0.2) is 22.8 Å². The molecule has 0 bridgehead atoms. The van der Waals surface area contributed by atoms with E-state index in [1.807, 2.05) is 0 Å². The standard InChI is InChI=1S/C9H10N6O/c1-3-5(4(2)16)13-6-7(10)14-9(11)15-8(6)12-3/h1-2H3,(H4,10,11,12,14,15). The summed E-state index contributed by atoms with van der Waals surface area (Å²) in [6.07, 6.45) is 0. The van der Waals surface area contributed by atoms with Crippen molar-refractivity contribution in [2.75, 3.05) is 11.5 Å². The smallest absolute Gasteiger partial charge is 0.224 e. The number of hydrogen-bond donors (Lipinski definition) is 2. The van der Waals surface area contributed by atoms with Gasteiger partial charge in [0.05, 0.1) is 5.69 Å². The topological polar surface area (TPSA) is 121 Å². The first-order valence-electron chi connectivity index (χ1n) is 4.57. The number of carbonyl (C=O) groups excluding carboxylic acids is 1. The lowest BCUT2D eigenvalue weighted by Crippen LogP contribution is -2.08. The number of nitrogen functional groups attached to an aromatic ring is 2. The lowest BCUT2D eigenvalue weighted by molar-refractivity contribution is 0.101. The van der Waals surface area contributed by atoms with Gasteiger partial charge >= 0.3 is 0 Å². The molecule has 0 aliphatic rings. The van der Waals surface area contributed by atoms with Crippen LogP contribution in [0.3, 0.4) is 0 Å². The summed E-state index contributed by atoms with van der Waals surface area (Å²) in [4.78, 5) is 27.2. The molecule has 0 atom stereocenters. The van der Waals surface area contributed by atoms with Gasteiger partial charge in [0, 0.05) is 6.92 Å². The molecule has 0 aliphatic carbocycles. The fourth-order valence-corrected chi connectivity index (χ4v) is 1.40. The second-order valence-corrected chi connectivity index (χ2v) is 3.35. The van der Waals surface area contributed by atoms with Gasteiger partial charge in [-0.25, -0.2) is 9.97 Å². The lowest BCUT2D eigenvalue weighted by Gasteiger charge is -2.04. The van der Waals surface area contributed by atoms with Crippen LogP contribution < -0.4 is 11.5 Å². The zero-order valence-corrected chi connectivity index (χ0v) is 8.85. The fraction of sp³-hybridized carbons (Fsp3) is 0.222. The number of aromatic nitrogens is 4. The number of nitrogens with two attached hydrogens (primary N) is 2. The molecular weight excluding hydrogens is 208 g/mol. The fourth-order valence-electron chi connectivity index (χ4n) is 1.40. The summed E-state index contributed by atoms with van der Waals surface area (Å²) in [5.41, 5.74) is 12.4. The highest BCUT2D eigenvalue weighted by Crippen LogP contribution is 2.16. The van der Waals surface area contributed by atoms with E-state index in [2.05, 4.69) is 19.9 Å². The van der Waals surface area contributed by atoms with Crippen molar-refractivity contribution >= 4 is 28.7 Å². The predicted octanol–water partition coefficient (Wildman–Crippen LogP) is 0.0952. The second kappa shape index (κ2) is 3.37. The summed E-state index contributed by atoms with van der Waals surface area (Å²) >= 11 is 0. The highest BCUT2D eigenvalue weighted by atomic mass is 16.1. The zero-order valence-electron chi connectivity index (χ0n) is 8.85. The minimum Gasteiger partial charge on any atom is -0.382 e. The molecule has 0 saturated heterocycles. The van der Waals surface area contributed by atoms with E-state index in [-0.39, 0.29) is 23.2 Å². The molecule has 0 spiro atoms. The van der Waals surface area contributed by atoms with Crippen LogP contribution in [-0.4, -0.2) is 25.7 Å². The molecule has 7 heteroatoms. The van der Waals surface area contributed by atoms with Gasteiger partial charge in [0.1, 0.15) is 5.69 Å². The average molecular weight is 218 g/mol. The Morgan fingerprint density at radius 2 is 1.81 bits per heavy atom. The van der Waals surface area contributed by atoms with Gasteiger partial charge in [-0.2, -0.15) is 9.97 Å². The number of aryl methyl sites for hydroxylation is 1. The average Bonchev–Trinajstić information content (AvgIpc) is 2.15. The van der Waals surface area contributed by atoms with Crippen LogP contribution in [0.2, 0.25) is 0 Å². The number of nitrogens with zero attached hydrogens (tertiary/aromatic N) is 4. The monoisotopic (exact) mass is 218 g/mol. The van der Waals surface area contributed by atoms with Gasteiger partial charge in [-0.15, -0.1) is 0 Å². The van der Waals surface area contributed by atoms with Crippen LogP contribution in [-0.2, 0) is 0 Å². The van der Waals surface area contributed by atoms with E-state index in [4.69, 9.17) is 11.5 Å². The van der Waals surface area contributed by atoms with E-state index in [1.165, 1.54) is 6.92 Å². The van der Waals surface area contributed by atoms with Crippen molar-refractivity contribution in [2.45, 2.75) is 13.8 Å². The molecule has 0 aromatic carbocycles. The third-order valence-corrected chi connectivity index (χ3v) is 2.08. The Balaban J connectivity index is 2.84. The molecular formula is C9H10N6O. The zero-order chi connectivity index (χ0) is 11.9. The third kappa shape index (κ3) is 1.52. The van der Waals surface area contributed by atoms with Crippen LogP contribution in [0.5, 0.6) is 0 Å².